The van der Waals surface area contributed by atoms with Crippen molar-refractivity contribution in [2.45, 2.75) is 0 Å². The molecule has 0 saturated heterocycles. The van der Waals surface area contributed by atoms with E-state index in [0.717, 1.165) is 0 Å². The minimum atomic E-state index is -1.92. The molecule has 0 heterocycles. The van der Waals surface area contributed by atoms with Gasteiger partial charge in [-0.2, -0.15) is 0 Å². The molecule has 0 spiro atoms. The van der Waals surface area contributed by atoms with E-state index in [-0.39, 0.29) is 56.6 Å². The summed E-state index contributed by atoms with van der Waals surface area (Å²) < 4.78 is 4.68. The standard InChI is InChI=1S/C4H5BBrN2O.K/c1-9-5(2-6,3-7)4-8;/h2H2,1H3;/q-1;+1. The first kappa shape index (κ1) is 13.7. The molecule has 0 aliphatic heterocycles. The van der Waals surface area contributed by atoms with Gasteiger partial charge in [0.2, 0.25) is 0 Å². The van der Waals surface area contributed by atoms with Crippen molar-refractivity contribution in [3.8, 4) is 11.9 Å². The van der Waals surface area contributed by atoms with Crippen LogP contribution in [0.2, 0.25) is 0 Å². The zero-order valence-electron chi connectivity index (χ0n) is 5.97. The molecular formula is C4H5BBrKN2O. The molecule has 6 heteroatoms. The topological polar surface area (TPSA) is 56.8 Å². The van der Waals surface area contributed by atoms with Gasteiger partial charge >= 0.3 is 57.7 Å². The molecule has 0 N–H and O–H groups in total. The van der Waals surface area contributed by atoms with Crippen LogP contribution >= 0.6 is 15.9 Å². The summed E-state index contributed by atoms with van der Waals surface area (Å²) in [5, 5.41) is 17.0. The molecule has 3 nitrogen and oxygen atoms in total. The molecule has 48 valence electrons. The van der Waals surface area contributed by atoms with Crippen LogP contribution in [0.15, 0.2) is 0 Å². The predicted molar refractivity (Wildman–Crippen MR) is 37.8 cm³/mol. The van der Waals surface area contributed by atoms with Crippen molar-refractivity contribution in [2.75, 3.05) is 12.3 Å². The molecule has 0 unspecified atom stereocenters. The summed E-state index contributed by atoms with van der Waals surface area (Å²) in [5.74, 6) is 3.59. The normalized spacial score (nSPS) is 8.80. The van der Waals surface area contributed by atoms with Gasteiger partial charge in [-0.1, -0.05) is 5.23 Å². The van der Waals surface area contributed by atoms with Crippen molar-refractivity contribution >= 4 is 22.3 Å². The maximum Gasteiger partial charge on any atom is 1.00 e. The Morgan fingerprint density at radius 3 is 1.90 bits per heavy atom. The van der Waals surface area contributed by atoms with Crippen molar-refractivity contribution in [1.29, 1.82) is 10.5 Å². The van der Waals surface area contributed by atoms with Gasteiger partial charge in [0, 0.05) is 0 Å². The van der Waals surface area contributed by atoms with Crippen molar-refractivity contribution in [2.24, 2.45) is 0 Å². The maximum atomic E-state index is 8.38. The average Bonchev–Trinajstić information content (AvgIpc) is 1.95. The second-order valence-electron chi connectivity index (χ2n) is 1.60. The molecule has 0 aromatic heterocycles. The van der Waals surface area contributed by atoms with E-state index in [9.17, 15) is 0 Å². The Kier molecular flexibility index (Phi) is 9.32. The Bertz CT molecular complexity index is 155. The summed E-state index contributed by atoms with van der Waals surface area (Å²) in [6, 6.07) is 0. The number of hydrogen-bond donors (Lipinski definition) is 0. The van der Waals surface area contributed by atoms with Crippen LogP contribution in [0.5, 0.6) is 0 Å². The molecule has 0 amide bonds. The van der Waals surface area contributed by atoms with Crippen LogP contribution in [0.4, 0.5) is 0 Å². The SMILES string of the molecule is CO[B-](C#N)(C#N)CBr.[K+]. The molecule has 0 aromatic carbocycles. The molecular weight excluding hydrogens is 222 g/mol. The van der Waals surface area contributed by atoms with Crippen LogP contribution in [-0.4, -0.2) is 18.7 Å². The van der Waals surface area contributed by atoms with Crippen molar-refractivity contribution in [1.82, 2.24) is 0 Å². The predicted octanol–water partition coefficient (Wildman–Crippen LogP) is -2.36. The fourth-order valence-electron chi connectivity index (χ4n) is 0.266. The Morgan fingerprint density at radius 1 is 1.50 bits per heavy atom. The molecule has 0 atom stereocenters. The molecule has 0 saturated carbocycles. The quantitative estimate of drug-likeness (QED) is 0.391. The van der Waals surface area contributed by atoms with Crippen LogP contribution in [0, 0.1) is 22.5 Å². The van der Waals surface area contributed by atoms with E-state index in [1.54, 1.807) is 11.9 Å². The summed E-state index contributed by atoms with van der Waals surface area (Å²) in [6.45, 7) is 0. The van der Waals surface area contributed by atoms with Gasteiger partial charge in [0.05, 0.1) is 0 Å². The minimum absolute atomic E-state index is 0. The molecule has 0 fully saturated rings. The summed E-state index contributed by atoms with van der Waals surface area (Å²) in [4.78, 5) is 0. The largest absolute Gasteiger partial charge is 1.00 e. The molecule has 10 heavy (non-hydrogen) atoms. The Labute approximate surface area is 111 Å². The smallest absolute Gasteiger partial charge is 0.570 e. The first-order valence-electron chi connectivity index (χ1n) is 2.34. The van der Waals surface area contributed by atoms with Gasteiger partial charge in [0.15, 0.2) is 0 Å². The fraction of sp³-hybridized carbons (Fsp3) is 0.500. The molecule has 0 bridgehead atoms. The second kappa shape index (κ2) is 6.81. The van der Waals surface area contributed by atoms with E-state index >= 15 is 0 Å². The van der Waals surface area contributed by atoms with Gasteiger partial charge in [0.1, 0.15) is 0 Å². The zero-order valence-corrected chi connectivity index (χ0v) is 10.7. The molecule has 0 rings (SSSR count). The van der Waals surface area contributed by atoms with Gasteiger partial charge in [-0.25, -0.2) is 10.5 Å². The van der Waals surface area contributed by atoms with E-state index in [1.165, 1.54) is 7.11 Å². The van der Waals surface area contributed by atoms with Crippen molar-refractivity contribution < 1.29 is 56.0 Å². The van der Waals surface area contributed by atoms with Gasteiger partial charge in [-0.15, -0.1) is 27.9 Å². The Morgan fingerprint density at radius 2 is 1.90 bits per heavy atom. The number of nitrogens with zero attached hydrogens (tertiary/aromatic N) is 2. The van der Waals surface area contributed by atoms with Gasteiger partial charge < -0.3 is 4.65 Å². The van der Waals surface area contributed by atoms with E-state index in [4.69, 9.17) is 10.5 Å². The van der Waals surface area contributed by atoms with Crippen LogP contribution in [0.25, 0.3) is 0 Å². The Balaban J connectivity index is 0. The fourth-order valence-corrected chi connectivity index (χ4v) is 0.820. The number of rotatable bonds is 2. The first-order chi connectivity index (χ1) is 4.24. The second-order valence-corrected chi connectivity index (χ2v) is 2.25. The van der Waals surface area contributed by atoms with Gasteiger partial charge in [-0.3, -0.25) is 0 Å². The number of nitriles is 2. The Hall–Kier alpha value is 1.12. The monoisotopic (exact) mass is 226 g/mol. The van der Waals surface area contributed by atoms with E-state index in [0.29, 0.717) is 0 Å². The third-order valence-electron chi connectivity index (χ3n) is 1.04. The summed E-state index contributed by atoms with van der Waals surface area (Å²) >= 11 is 3.01. The van der Waals surface area contributed by atoms with Gasteiger partial charge in [0.25, 0.3) is 0 Å². The summed E-state index contributed by atoms with van der Waals surface area (Å²) in [5.41, 5.74) is 0. The number of alkyl halides is 1. The van der Waals surface area contributed by atoms with Crippen LogP contribution < -0.4 is 51.4 Å². The minimum Gasteiger partial charge on any atom is -0.570 e. The van der Waals surface area contributed by atoms with Crippen molar-refractivity contribution in [3.63, 3.8) is 0 Å². The first-order valence-corrected chi connectivity index (χ1v) is 3.47. The molecule has 0 aromatic rings. The molecule has 0 aliphatic carbocycles. The van der Waals surface area contributed by atoms with E-state index < -0.39 is 6.35 Å². The van der Waals surface area contributed by atoms with Crippen LogP contribution in [0.3, 0.4) is 0 Å². The third kappa shape index (κ3) is 3.49. The summed E-state index contributed by atoms with van der Waals surface area (Å²) in [6.07, 6.45) is -1.92. The zero-order chi connectivity index (χ0) is 7.33. The third-order valence-corrected chi connectivity index (χ3v) is 1.95. The summed E-state index contributed by atoms with van der Waals surface area (Å²) in [7, 11) is 1.35. The van der Waals surface area contributed by atoms with Crippen molar-refractivity contribution in [3.05, 3.63) is 0 Å². The number of hydrogen-bond acceptors (Lipinski definition) is 3. The van der Waals surface area contributed by atoms with Gasteiger partial charge in [-0.05, 0) is 7.11 Å². The number of halogens is 1. The average molecular weight is 227 g/mol. The van der Waals surface area contributed by atoms with E-state index in [2.05, 4.69) is 20.6 Å². The van der Waals surface area contributed by atoms with Crippen LogP contribution in [0.1, 0.15) is 0 Å². The molecule has 0 radical (unpaired) electrons. The maximum absolute atomic E-state index is 8.38. The van der Waals surface area contributed by atoms with Crippen LogP contribution in [-0.2, 0) is 4.65 Å². The molecule has 0 aliphatic rings. The van der Waals surface area contributed by atoms with E-state index in [1.807, 2.05) is 0 Å².